The van der Waals surface area contributed by atoms with E-state index in [1.54, 1.807) is 0 Å². The molecule has 2 rings (SSSR count). The Labute approximate surface area is 166 Å². The fourth-order valence-electron chi connectivity index (χ4n) is 1.88. The van der Waals surface area contributed by atoms with Crippen molar-refractivity contribution in [3.63, 3.8) is 0 Å². The summed E-state index contributed by atoms with van der Waals surface area (Å²) in [6.45, 7) is 0. The van der Waals surface area contributed by atoms with Crippen molar-refractivity contribution in [3.05, 3.63) is 48.5 Å². The highest BCUT2D eigenvalue weighted by molar-refractivity contribution is 8.17. The van der Waals surface area contributed by atoms with Crippen molar-refractivity contribution < 1.29 is 21.6 Å². The van der Waals surface area contributed by atoms with Crippen LogP contribution in [0.3, 0.4) is 0 Å². The maximum atomic E-state index is 12.0. The van der Waals surface area contributed by atoms with Crippen molar-refractivity contribution in [1.29, 1.82) is 0 Å². The number of nitrogens with two attached hydrogens (primary N) is 2. The Kier molecular flexibility index (Phi) is 6.46. The smallest absolute Gasteiger partial charge is 0.233 e. The maximum Gasteiger partial charge on any atom is 0.233 e. The lowest BCUT2D eigenvalue weighted by molar-refractivity contribution is 0.481. The lowest BCUT2D eigenvalue weighted by atomic mass is 10.3. The highest BCUT2D eigenvalue weighted by atomic mass is 32.2. The first-order valence-corrected chi connectivity index (χ1v) is 10.8. The van der Waals surface area contributed by atoms with Crippen molar-refractivity contribution in [2.75, 3.05) is 0 Å². The predicted octanol–water partition coefficient (Wildman–Crippen LogP) is 0.523. The molecule has 9 nitrogen and oxygen atoms in total. The summed E-state index contributed by atoms with van der Waals surface area (Å²) in [5, 5.41) is 0. The monoisotopic (exact) mass is 446 g/mol. The van der Waals surface area contributed by atoms with Crippen LogP contribution < -0.4 is 27.3 Å². The Morgan fingerprint density at radius 3 is 1.26 bits per heavy atom. The molecule has 0 aliphatic heterocycles. The number of hydrogen-bond donors (Lipinski definition) is 4. The Morgan fingerprint density at radius 1 is 0.704 bits per heavy atom. The Balaban J connectivity index is 2.19. The minimum absolute atomic E-state index is 0.0537. The number of nitrogens with one attached hydrogen (secondary N) is 2. The molecule has 0 amide bonds. The molecule has 144 valence electrons. The molecular weight excluding hydrogens is 432 g/mol. The van der Waals surface area contributed by atoms with Crippen LogP contribution in [0.4, 0.5) is 0 Å². The molecule has 0 aromatic heterocycles. The van der Waals surface area contributed by atoms with E-state index in [-0.39, 0.29) is 9.79 Å². The van der Waals surface area contributed by atoms with Crippen LogP contribution in [0.1, 0.15) is 0 Å². The number of rotatable bonds is 4. The minimum atomic E-state index is -3.87. The summed E-state index contributed by atoms with van der Waals surface area (Å²) >= 11 is 9.31. The summed E-state index contributed by atoms with van der Waals surface area (Å²) in [5.74, 6) is 10.7. The van der Waals surface area contributed by atoms with E-state index in [0.29, 0.717) is 11.5 Å². The lowest BCUT2D eigenvalue weighted by Crippen LogP contribution is -2.34. The zero-order valence-electron chi connectivity index (χ0n) is 13.4. The van der Waals surface area contributed by atoms with E-state index in [2.05, 4.69) is 24.4 Å². The normalized spacial score (nSPS) is 11.5. The fourth-order valence-corrected chi connectivity index (χ4v) is 4.18. The molecule has 0 saturated heterocycles. The molecule has 27 heavy (non-hydrogen) atoms. The van der Waals surface area contributed by atoms with E-state index in [0.717, 1.165) is 0 Å². The van der Waals surface area contributed by atoms with Gasteiger partial charge in [0.15, 0.2) is 0 Å². The average molecular weight is 447 g/mol. The van der Waals surface area contributed by atoms with Crippen LogP contribution in [0.15, 0.2) is 58.3 Å². The number of benzene rings is 2. The molecule has 0 radical (unpaired) electrons. The zero-order valence-corrected chi connectivity index (χ0v) is 16.7. The van der Waals surface area contributed by atoms with Crippen LogP contribution in [-0.2, 0) is 19.7 Å². The van der Waals surface area contributed by atoms with Gasteiger partial charge in [0.25, 0.3) is 0 Å². The number of ether oxygens (including phenoxy) is 1. The number of thiocarbonyl (C=S) groups is 2. The highest BCUT2D eigenvalue weighted by Gasteiger charge is 2.21. The Bertz CT molecular complexity index is 978. The first kappa shape index (κ1) is 21.1. The van der Waals surface area contributed by atoms with Gasteiger partial charge in [-0.15, -0.1) is 0 Å². The molecule has 0 aliphatic carbocycles. The fraction of sp³-hybridized carbons (Fsp3) is 0. The van der Waals surface area contributed by atoms with E-state index in [1.807, 2.05) is 10.9 Å². The molecule has 13 heteroatoms. The second-order valence-corrected chi connectivity index (χ2v) is 10.0. The molecule has 0 aliphatic rings. The topological polar surface area (TPSA) is 154 Å². The van der Waals surface area contributed by atoms with Crippen molar-refractivity contribution in [2.45, 2.75) is 9.79 Å². The molecule has 0 spiro atoms. The molecular formula is C14H14N4O5S4. The van der Waals surface area contributed by atoms with Gasteiger partial charge >= 0.3 is 0 Å². The minimum Gasteiger partial charge on any atom is -0.457 e. The summed E-state index contributed by atoms with van der Waals surface area (Å²) in [6, 6.07) is 10.9. The predicted molar refractivity (Wildman–Crippen MR) is 107 cm³/mol. The van der Waals surface area contributed by atoms with Gasteiger partial charge in [-0.2, -0.15) is 0 Å². The van der Waals surface area contributed by atoms with E-state index >= 15 is 0 Å². The largest absolute Gasteiger partial charge is 0.457 e. The molecule has 0 fully saturated rings. The van der Waals surface area contributed by atoms with Crippen LogP contribution in [0.25, 0.3) is 0 Å². The van der Waals surface area contributed by atoms with Crippen LogP contribution in [0, 0.1) is 0 Å². The molecule has 2 aromatic rings. The SMILES string of the molecule is NNC(=S)S(=O)(=O)c1ccc(Oc2ccc(S(=O)(=O)C(=S)NN)cc2)cc1. The van der Waals surface area contributed by atoms with Gasteiger partial charge in [-0.05, 0) is 73.0 Å². The van der Waals surface area contributed by atoms with Crippen molar-refractivity contribution >= 4 is 52.8 Å². The summed E-state index contributed by atoms with van der Waals surface area (Å²) in [4.78, 5) is -0.107. The summed E-state index contributed by atoms with van der Waals surface area (Å²) in [6.07, 6.45) is 0. The lowest BCUT2D eigenvalue weighted by Gasteiger charge is -2.09. The van der Waals surface area contributed by atoms with Gasteiger partial charge in [0, 0.05) is 0 Å². The second-order valence-electron chi connectivity index (χ2n) is 4.92. The Hall–Kier alpha value is -2.16. The van der Waals surface area contributed by atoms with Gasteiger partial charge in [-0.3, -0.25) is 0 Å². The van der Waals surface area contributed by atoms with Crippen molar-refractivity contribution in [1.82, 2.24) is 10.9 Å². The van der Waals surface area contributed by atoms with Crippen LogP contribution >= 0.6 is 24.4 Å². The molecule has 0 heterocycles. The summed E-state index contributed by atoms with van der Waals surface area (Å²) < 4.78 is 52.7. The second kappa shape index (κ2) is 8.24. The third-order valence-electron chi connectivity index (χ3n) is 3.23. The van der Waals surface area contributed by atoms with Crippen LogP contribution in [0.2, 0.25) is 0 Å². The van der Waals surface area contributed by atoms with E-state index in [9.17, 15) is 16.8 Å². The van der Waals surface area contributed by atoms with Gasteiger partial charge in [0.05, 0.1) is 9.79 Å². The number of hydrazine groups is 2. The highest BCUT2D eigenvalue weighted by Crippen LogP contribution is 2.25. The van der Waals surface area contributed by atoms with Crippen LogP contribution in [0.5, 0.6) is 11.5 Å². The van der Waals surface area contributed by atoms with E-state index < -0.39 is 28.3 Å². The third-order valence-corrected chi connectivity index (χ3v) is 7.78. The molecule has 0 unspecified atom stereocenters. The van der Waals surface area contributed by atoms with E-state index in [1.165, 1.54) is 48.5 Å². The molecule has 6 N–H and O–H groups in total. The number of hydrogen-bond acceptors (Lipinski definition) is 9. The average Bonchev–Trinajstić information content (AvgIpc) is 2.67. The van der Waals surface area contributed by atoms with Gasteiger partial charge in [0.2, 0.25) is 28.3 Å². The van der Waals surface area contributed by atoms with Gasteiger partial charge in [-0.1, -0.05) is 0 Å². The Morgan fingerprint density at radius 2 is 1.00 bits per heavy atom. The summed E-state index contributed by atoms with van der Waals surface area (Å²) in [7, 11) is -7.73. The molecule has 2 aromatic carbocycles. The standard InChI is InChI=1S/C14H14N4O5S4/c15-17-13(24)26(19,20)11-5-1-9(2-6-11)23-10-3-7-12(8-4-10)27(21,22)14(25)18-16/h1-8H,15-16H2,(H,17,24)(H,18,25). The first-order valence-electron chi connectivity index (χ1n) is 7.02. The molecule has 0 bridgehead atoms. The van der Waals surface area contributed by atoms with E-state index in [4.69, 9.17) is 16.4 Å². The zero-order chi connectivity index (χ0) is 20.2. The first-order chi connectivity index (χ1) is 12.6. The quantitative estimate of drug-likeness (QED) is 0.295. The van der Waals surface area contributed by atoms with Gasteiger partial charge < -0.3 is 15.6 Å². The third kappa shape index (κ3) is 4.58. The number of sulfone groups is 2. The van der Waals surface area contributed by atoms with Gasteiger partial charge in [0.1, 0.15) is 11.5 Å². The maximum absolute atomic E-state index is 12.0. The van der Waals surface area contributed by atoms with Crippen molar-refractivity contribution in [2.24, 2.45) is 11.7 Å². The molecule has 0 saturated carbocycles. The summed E-state index contributed by atoms with van der Waals surface area (Å²) in [5.41, 5.74) is 3.86. The van der Waals surface area contributed by atoms with Crippen molar-refractivity contribution in [3.8, 4) is 11.5 Å². The van der Waals surface area contributed by atoms with Crippen LogP contribution in [-0.4, -0.2) is 25.5 Å². The molecule has 0 atom stereocenters. The van der Waals surface area contributed by atoms with Gasteiger partial charge in [-0.25, -0.2) is 28.5 Å².